The van der Waals surface area contributed by atoms with Crippen LogP contribution in [0.5, 0.6) is 5.75 Å². The van der Waals surface area contributed by atoms with Crippen LogP contribution in [0.3, 0.4) is 0 Å². The lowest BCUT2D eigenvalue weighted by Crippen LogP contribution is -2.21. The van der Waals surface area contributed by atoms with Gasteiger partial charge < -0.3 is 14.9 Å². The van der Waals surface area contributed by atoms with Crippen molar-refractivity contribution in [1.82, 2.24) is 0 Å². The summed E-state index contributed by atoms with van der Waals surface area (Å²) in [7, 11) is 0. The molecule has 1 rings (SSSR count). The van der Waals surface area contributed by atoms with E-state index in [0.717, 1.165) is 0 Å². The third-order valence-corrected chi connectivity index (χ3v) is 1.69. The highest BCUT2D eigenvalue weighted by Gasteiger charge is 2.05. The lowest BCUT2D eigenvalue weighted by atomic mass is 10.2. The van der Waals surface area contributed by atoms with Gasteiger partial charge >= 0.3 is 0 Å². The smallest absolute Gasteiger partial charge is 0.153 e. The van der Waals surface area contributed by atoms with E-state index in [9.17, 15) is 4.79 Å². The number of aliphatic hydroxyl groups excluding tert-OH is 2. The molecule has 1 aromatic carbocycles. The zero-order chi connectivity index (χ0) is 10.4. The number of para-hydroxylation sites is 1. The first-order valence-electron chi connectivity index (χ1n) is 4.24. The molecule has 0 aliphatic heterocycles. The number of hydrogen-bond acceptors (Lipinski definition) is 4. The first-order chi connectivity index (χ1) is 6.77. The largest absolute Gasteiger partial charge is 0.490 e. The van der Waals surface area contributed by atoms with Gasteiger partial charge in [-0.15, -0.1) is 0 Å². The standard InChI is InChI=1S/C10H12O4/c11-5-8-3-1-2-4-10(8)14-7-9(13)6-12/h1-5,9,12-13H,6-7H2. The molecule has 1 unspecified atom stereocenters. The first kappa shape index (κ1) is 10.7. The van der Waals surface area contributed by atoms with Crippen molar-refractivity contribution in [2.24, 2.45) is 0 Å². The second kappa shape index (κ2) is 5.36. The highest BCUT2D eigenvalue weighted by Crippen LogP contribution is 2.15. The van der Waals surface area contributed by atoms with Gasteiger partial charge in [0, 0.05) is 0 Å². The fourth-order valence-corrected chi connectivity index (χ4v) is 0.948. The zero-order valence-corrected chi connectivity index (χ0v) is 7.59. The Kier molecular flexibility index (Phi) is 4.10. The number of ether oxygens (including phenoxy) is 1. The maximum atomic E-state index is 10.5. The van der Waals surface area contributed by atoms with Crippen LogP contribution in [-0.2, 0) is 0 Å². The summed E-state index contributed by atoms with van der Waals surface area (Å²) >= 11 is 0. The average molecular weight is 196 g/mol. The van der Waals surface area contributed by atoms with E-state index in [1.165, 1.54) is 0 Å². The van der Waals surface area contributed by atoms with E-state index in [-0.39, 0.29) is 13.2 Å². The van der Waals surface area contributed by atoms with Crippen LogP contribution in [0, 0.1) is 0 Å². The molecule has 0 aliphatic carbocycles. The van der Waals surface area contributed by atoms with Crippen LogP contribution in [0.15, 0.2) is 24.3 Å². The predicted molar refractivity (Wildman–Crippen MR) is 50.4 cm³/mol. The summed E-state index contributed by atoms with van der Waals surface area (Å²) in [6.45, 7) is -0.384. The quantitative estimate of drug-likeness (QED) is 0.661. The Morgan fingerprint density at radius 1 is 1.43 bits per heavy atom. The van der Waals surface area contributed by atoms with E-state index in [1.54, 1.807) is 24.3 Å². The van der Waals surface area contributed by atoms with Gasteiger partial charge in [-0.25, -0.2) is 0 Å². The molecule has 1 atom stereocenters. The molecular weight excluding hydrogens is 184 g/mol. The molecule has 1 aromatic rings. The molecule has 0 radical (unpaired) electrons. The molecule has 4 heteroatoms. The van der Waals surface area contributed by atoms with Crippen molar-refractivity contribution in [3.05, 3.63) is 29.8 Å². The number of carbonyl (C=O) groups excluding carboxylic acids is 1. The van der Waals surface area contributed by atoms with Gasteiger partial charge in [0.25, 0.3) is 0 Å². The Morgan fingerprint density at radius 2 is 2.14 bits per heavy atom. The summed E-state index contributed by atoms with van der Waals surface area (Å²) in [5.41, 5.74) is 0.428. The monoisotopic (exact) mass is 196 g/mol. The fourth-order valence-electron chi connectivity index (χ4n) is 0.948. The van der Waals surface area contributed by atoms with Crippen LogP contribution in [0.25, 0.3) is 0 Å². The van der Waals surface area contributed by atoms with E-state index < -0.39 is 6.10 Å². The number of aldehydes is 1. The highest BCUT2D eigenvalue weighted by molar-refractivity contribution is 5.79. The lowest BCUT2D eigenvalue weighted by Gasteiger charge is -2.10. The van der Waals surface area contributed by atoms with Gasteiger partial charge in [0.05, 0.1) is 12.2 Å². The molecule has 0 bridgehead atoms. The summed E-state index contributed by atoms with van der Waals surface area (Å²) in [4.78, 5) is 10.5. The molecule has 4 nitrogen and oxygen atoms in total. The van der Waals surface area contributed by atoms with Crippen molar-refractivity contribution >= 4 is 6.29 Å². The Bertz CT molecular complexity index is 298. The van der Waals surface area contributed by atoms with E-state index in [0.29, 0.717) is 17.6 Å². The molecule has 0 spiro atoms. The number of hydrogen-bond donors (Lipinski definition) is 2. The van der Waals surface area contributed by atoms with E-state index in [4.69, 9.17) is 14.9 Å². The van der Waals surface area contributed by atoms with Crippen LogP contribution in [0.4, 0.5) is 0 Å². The number of benzene rings is 1. The topological polar surface area (TPSA) is 66.8 Å². The Morgan fingerprint density at radius 3 is 2.79 bits per heavy atom. The summed E-state index contributed by atoms with van der Waals surface area (Å²) < 4.78 is 5.14. The Hall–Kier alpha value is -1.39. The molecular formula is C10H12O4. The number of aliphatic hydroxyl groups is 2. The van der Waals surface area contributed by atoms with Gasteiger partial charge in [-0.1, -0.05) is 12.1 Å². The van der Waals surface area contributed by atoms with Crippen molar-refractivity contribution in [1.29, 1.82) is 0 Å². The minimum Gasteiger partial charge on any atom is -0.490 e. The third kappa shape index (κ3) is 2.83. The van der Waals surface area contributed by atoms with Gasteiger partial charge in [-0.3, -0.25) is 4.79 Å². The normalized spacial score (nSPS) is 12.1. The van der Waals surface area contributed by atoms with Gasteiger partial charge in [0.1, 0.15) is 18.5 Å². The molecule has 2 N–H and O–H groups in total. The zero-order valence-electron chi connectivity index (χ0n) is 7.59. The van der Waals surface area contributed by atoms with Crippen LogP contribution >= 0.6 is 0 Å². The van der Waals surface area contributed by atoms with Gasteiger partial charge in [-0.2, -0.15) is 0 Å². The van der Waals surface area contributed by atoms with Crippen LogP contribution in [0.1, 0.15) is 10.4 Å². The van der Waals surface area contributed by atoms with Gasteiger partial charge in [0.15, 0.2) is 6.29 Å². The summed E-state index contributed by atoms with van der Waals surface area (Å²) in [6.07, 6.45) is -0.240. The van der Waals surface area contributed by atoms with Crippen molar-refractivity contribution in [3.63, 3.8) is 0 Å². The molecule has 0 fully saturated rings. The van der Waals surface area contributed by atoms with Crippen molar-refractivity contribution in [2.45, 2.75) is 6.10 Å². The molecule has 0 saturated heterocycles. The average Bonchev–Trinajstić information content (AvgIpc) is 2.26. The van der Waals surface area contributed by atoms with Gasteiger partial charge in [-0.05, 0) is 12.1 Å². The van der Waals surface area contributed by atoms with E-state index in [2.05, 4.69) is 0 Å². The first-order valence-corrected chi connectivity index (χ1v) is 4.24. The van der Waals surface area contributed by atoms with E-state index in [1.807, 2.05) is 0 Å². The van der Waals surface area contributed by atoms with Crippen LogP contribution < -0.4 is 4.74 Å². The number of carbonyl (C=O) groups is 1. The predicted octanol–water partition coefficient (Wildman–Crippen LogP) is 0.231. The molecule has 14 heavy (non-hydrogen) atoms. The fraction of sp³-hybridized carbons (Fsp3) is 0.300. The van der Waals surface area contributed by atoms with E-state index >= 15 is 0 Å². The van der Waals surface area contributed by atoms with Crippen molar-refractivity contribution in [3.8, 4) is 5.75 Å². The SMILES string of the molecule is O=Cc1ccccc1OCC(O)CO. The van der Waals surface area contributed by atoms with Gasteiger partial charge in [0.2, 0.25) is 0 Å². The highest BCUT2D eigenvalue weighted by atomic mass is 16.5. The molecule has 0 amide bonds. The Labute approximate surface area is 81.8 Å². The third-order valence-electron chi connectivity index (χ3n) is 1.69. The van der Waals surface area contributed by atoms with Crippen LogP contribution in [0.2, 0.25) is 0 Å². The molecule has 0 aromatic heterocycles. The molecule has 76 valence electrons. The molecule has 0 aliphatic rings. The summed E-state index contributed by atoms with van der Waals surface area (Å²) in [6, 6.07) is 6.70. The van der Waals surface area contributed by atoms with Crippen molar-refractivity contribution in [2.75, 3.05) is 13.2 Å². The maximum absolute atomic E-state index is 10.5. The Balaban J connectivity index is 2.61. The minimum atomic E-state index is -0.922. The second-order valence-electron chi connectivity index (χ2n) is 2.80. The number of rotatable bonds is 5. The van der Waals surface area contributed by atoms with Crippen LogP contribution in [-0.4, -0.2) is 35.8 Å². The second-order valence-corrected chi connectivity index (χ2v) is 2.80. The molecule has 0 saturated carbocycles. The maximum Gasteiger partial charge on any atom is 0.153 e. The lowest BCUT2D eigenvalue weighted by molar-refractivity contribution is 0.0533. The summed E-state index contributed by atoms with van der Waals surface area (Å²) in [5, 5.41) is 17.6. The minimum absolute atomic E-state index is 0.0264. The molecule has 0 heterocycles. The summed E-state index contributed by atoms with van der Waals surface area (Å²) in [5.74, 6) is 0.412. The van der Waals surface area contributed by atoms with Crippen molar-refractivity contribution < 1.29 is 19.7 Å².